The number of pyridine rings is 1. The molecule has 0 amide bonds. The highest BCUT2D eigenvalue weighted by molar-refractivity contribution is 5.74. The summed E-state index contributed by atoms with van der Waals surface area (Å²) in [6.45, 7) is 4.02. The molecule has 0 N–H and O–H groups in total. The van der Waals surface area contributed by atoms with Crippen molar-refractivity contribution >= 4 is 5.65 Å². The van der Waals surface area contributed by atoms with E-state index >= 15 is 0 Å². The number of rotatable bonds is 3. The van der Waals surface area contributed by atoms with E-state index in [1.807, 2.05) is 0 Å². The van der Waals surface area contributed by atoms with Crippen LogP contribution in [0.4, 0.5) is 4.39 Å². The number of benzene rings is 1. The Bertz CT molecular complexity index is 1530. The van der Waals surface area contributed by atoms with Crippen molar-refractivity contribution < 1.29 is 9.13 Å². The molecule has 5 rings (SSSR count). The Kier molecular flexibility index (Phi) is 5.61. The average Bonchev–Trinajstić information content (AvgIpc) is 2.84. The molecule has 174 valence electrons. The summed E-state index contributed by atoms with van der Waals surface area (Å²) in [6, 6.07) is 9.71. The number of ether oxygens (including phenoxy) is 1. The van der Waals surface area contributed by atoms with Gasteiger partial charge in [0.2, 0.25) is 5.56 Å². The zero-order valence-electron chi connectivity index (χ0n) is 19.3. The molecule has 8 heteroatoms. The Labute approximate surface area is 195 Å². The van der Waals surface area contributed by atoms with E-state index in [0.717, 1.165) is 5.56 Å². The molecule has 0 saturated carbocycles. The number of fused-ring (bicyclic) bond motifs is 1. The lowest BCUT2D eigenvalue weighted by atomic mass is 9.90. The van der Waals surface area contributed by atoms with Gasteiger partial charge in [-0.25, -0.2) is 14.4 Å². The van der Waals surface area contributed by atoms with E-state index in [2.05, 4.69) is 4.98 Å². The van der Waals surface area contributed by atoms with Crippen LogP contribution >= 0.6 is 0 Å². The molecule has 2 atom stereocenters. The third kappa shape index (κ3) is 3.84. The first-order chi connectivity index (χ1) is 16.3. The fourth-order valence-corrected chi connectivity index (χ4v) is 4.49. The van der Waals surface area contributed by atoms with Gasteiger partial charge in [-0.3, -0.25) is 14.0 Å². The van der Waals surface area contributed by atoms with Crippen molar-refractivity contribution in [1.82, 2.24) is 18.9 Å². The van der Waals surface area contributed by atoms with Crippen LogP contribution in [0.3, 0.4) is 0 Å². The number of hydrogen-bond donors (Lipinski definition) is 0. The van der Waals surface area contributed by atoms with Gasteiger partial charge in [-0.1, -0.05) is 12.1 Å². The molecule has 0 aliphatic carbocycles. The molecule has 1 aliphatic rings. The van der Waals surface area contributed by atoms with Crippen molar-refractivity contribution in [2.75, 3.05) is 6.61 Å². The minimum atomic E-state index is -0.420. The van der Waals surface area contributed by atoms with Crippen molar-refractivity contribution in [1.29, 1.82) is 0 Å². The van der Waals surface area contributed by atoms with Gasteiger partial charge < -0.3 is 9.30 Å². The first kappa shape index (κ1) is 22.2. The van der Waals surface area contributed by atoms with Gasteiger partial charge >= 0.3 is 0 Å². The normalized spacial score (nSPS) is 18.4. The van der Waals surface area contributed by atoms with Crippen LogP contribution in [-0.4, -0.2) is 25.5 Å². The first-order valence-electron chi connectivity index (χ1n) is 11.3. The van der Waals surface area contributed by atoms with E-state index in [0.29, 0.717) is 53.3 Å². The molecule has 7 nitrogen and oxygen atoms in total. The van der Waals surface area contributed by atoms with Gasteiger partial charge in [-0.05, 0) is 50.5 Å². The van der Waals surface area contributed by atoms with Gasteiger partial charge in [0.05, 0.1) is 11.8 Å². The lowest BCUT2D eigenvalue weighted by molar-refractivity contribution is 0.00422. The van der Waals surface area contributed by atoms with E-state index < -0.39 is 5.82 Å². The molecule has 0 spiro atoms. The minimum absolute atomic E-state index is 0.0144. The second kappa shape index (κ2) is 8.61. The number of aryl methyl sites for hydroxylation is 2. The van der Waals surface area contributed by atoms with Gasteiger partial charge in [0.1, 0.15) is 11.5 Å². The van der Waals surface area contributed by atoms with Crippen LogP contribution in [-0.2, 0) is 11.8 Å². The third-order valence-electron chi connectivity index (χ3n) is 6.61. The maximum Gasteiger partial charge on any atom is 0.261 e. The molecule has 1 aromatic carbocycles. The Morgan fingerprint density at radius 3 is 2.62 bits per heavy atom. The maximum absolute atomic E-state index is 14.8. The first-order valence-corrected chi connectivity index (χ1v) is 11.3. The van der Waals surface area contributed by atoms with Gasteiger partial charge in [-0.15, -0.1) is 0 Å². The van der Waals surface area contributed by atoms with Crippen LogP contribution in [0.2, 0.25) is 0 Å². The second-order valence-corrected chi connectivity index (χ2v) is 8.81. The lowest BCUT2D eigenvalue weighted by Crippen LogP contribution is -2.25. The largest absolute Gasteiger partial charge is 0.373 e. The number of halogens is 1. The van der Waals surface area contributed by atoms with E-state index in [1.165, 1.54) is 21.1 Å². The molecule has 1 saturated heterocycles. The SMILES string of the molecule is Cc1nc2c(-c3ccccc3F)nc(C3CCOC(c4ccc(=O)n(C)c4)C3)cn2c(=O)c1C. The summed E-state index contributed by atoms with van der Waals surface area (Å²) in [5.74, 6) is -0.434. The molecule has 3 aromatic heterocycles. The quantitative estimate of drug-likeness (QED) is 0.464. The molecule has 0 radical (unpaired) electrons. The molecule has 1 fully saturated rings. The molecular formula is C26H25FN4O3. The molecule has 4 heterocycles. The average molecular weight is 461 g/mol. The van der Waals surface area contributed by atoms with Crippen LogP contribution in [0.1, 0.15) is 47.4 Å². The monoisotopic (exact) mass is 460 g/mol. The van der Waals surface area contributed by atoms with Crippen molar-refractivity contribution in [2.24, 2.45) is 7.05 Å². The number of nitrogens with zero attached hydrogens (tertiary/aromatic N) is 4. The van der Waals surface area contributed by atoms with E-state index in [1.54, 1.807) is 57.6 Å². The molecule has 4 aromatic rings. The molecule has 2 unspecified atom stereocenters. The Hall–Kier alpha value is -3.65. The van der Waals surface area contributed by atoms with Crippen molar-refractivity contribution in [3.8, 4) is 11.3 Å². The fourth-order valence-electron chi connectivity index (χ4n) is 4.49. The van der Waals surface area contributed by atoms with Crippen LogP contribution in [0.15, 0.2) is 58.4 Å². The fraction of sp³-hybridized carbons (Fsp3) is 0.308. The van der Waals surface area contributed by atoms with Crippen molar-refractivity contribution in [3.63, 3.8) is 0 Å². The summed E-state index contributed by atoms with van der Waals surface area (Å²) in [5.41, 5.74) is 3.46. The number of hydrogen-bond acceptors (Lipinski definition) is 5. The zero-order valence-corrected chi connectivity index (χ0v) is 19.3. The summed E-state index contributed by atoms with van der Waals surface area (Å²) >= 11 is 0. The second-order valence-electron chi connectivity index (χ2n) is 8.81. The highest BCUT2D eigenvalue weighted by atomic mass is 19.1. The highest BCUT2D eigenvalue weighted by Crippen LogP contribution is 2.37. The van der Waals surface area contributed by atoms with E-state index in [9.17, 15) is 14.0 Å². The Morgan fingerprint density at radius 2 is 1.85 bits per heavy atom. The lowest BCUT2D eigenvalue weighted by Gasteiger charge is -2.30. The van der Waals surface area contributed by atoms with Gasteiger partial charge in [0.25, 0.3) is 5.56 Å². The Balaban J connectivity index is 1.65. The summed E-state index contributed by atoms with van der Waals surface area (Å²) in [5, 5.41) is 0. The van der Waals surface area contributed by atoms with Crippen LogP contribution < -0.4 is 11.1 Å². The van der Waals surface area contributed by atoms with Gasteiger partial charge in [0.15, 0.2) is 5.65 Å². The van der Waals surface area contributed by atoms with Crippen LogP contribution in [0.25, 0.3) is 16.9 Å². The molecule has 34 heavy (non-hydrogen) atoms. The number of aromatic nitrogens is 4. The summed E-state index contributed by atoms with van der Waals surface area (Å²) in [4.78, 5) is 34.4. The minimum Gasteiger partial charge on any atom is -0.373 e. The van der Waals surface area contributed by atoms with Gasteiger partial charge in [-0.2, -0.15) is 0 Å². The third-order valence-corrected chi connectivity index (χ3v) is 6.61. The summed E-state index contributed by atoms with van der Waals surface area (Å²) in [6.07, 6.45) is 4.64. The van der Waals surface area contributed by atoms with E-state index in [-0.39, 0.29) is 23.1 Å². The zero-order chi connectivity index (χ0) is 24.0. The van der Waals surface area contributed by atoms with Crippen molar-refractivity contribution in [3.05, 3.63) is 97.8 Å². The topological polar surface area (TPSA) is 78.5 Å². The summed E-state index contributed by atoms with van der Waals surface area (Å²) in [7, 11) is 1.71. The predicted octanol–water partition coefficient (Wildman–Crippen LogP) is 3.85. The Morgan fingerprint density at radius 1 is 1.06 bits per heavy atom. The predicted molar refractivity (Wildman–Crippen MR) is 126 cm³/mol. The standard InChI is InChI=1S/C26H25FN4O3/c1-15-16(2)28-25-24(19-6-4-5-7-20(19)27)29-21(14-31(25)26(15)33)17-10-11-34-22(12-17)18-8-9-23(32)30(3)13-18/h4-9,13-14,17,22H,10-12H2,1-3H3. The molecule has 1 aliphatic heterocycles. The maximum atomic E-state index is 14.8. The van der Waals surface area contributed by atoms with Crippen LogP contribution in [0.5, 0.6) is 0 Å². The molecule has 0 bridgehead atoms. The van der Waals surface area contributed by atoms with Crippen molar-refractivity contribution in [2.45, 2.75) is 38.7 Å². The van der Waals surface area contributed by atoms with Gasteiger partial charge in [0, 0.05) is 54.9 Å². The smallest absolute Gasteiger partial charge is 0.261 e. The molecular weight excluding hydrogens is 435 g/mol. The van der Waals surface area contributed by atoms with Crippen LogP contribution in [0, 0.1) is 19.7 Å². The van der Waals surface area contributed by atoms with E-state index in [4.69, 9.17) is 9.72 Å². The summed E-state index contributed by atoms with van der Waals surface area (Å²) < 4.78 is 23.8. The highest BCUT2D eigenvalue weighted by Gasteiger charge is 2.28.